The van der Waals surface area contributed by atoms with Crippen LogP contribution in [0.3, 0.4) is 0 Å². The molecule has 1 amide bonds. The van der Waals surface area contributed by atoms with Gasteiger partial charge >= 0.3 is 0 Å². The molecule has 0 radical (unpaired) electrons. The Morgan fingerprint density at radius 3 is 2.68 bits per heavy atom. The number of unbranched alkanes of at least 4 members (excludes halogenated alkanes) is 1. The summed E-state index contributed by atoms with van der Waals surface area (Å²) in [6.07, 6.45) is 3.34. The maximum absolute atomic E-state index is 11.6. The van der Waals surface area contributed by atoms with Crippen LogP contribution in [0.25, 0.3) is 0 Å². The molecule has 1 rings (SSSR count). The van der Waals surface area contributed by atoms with Gasteiger partial charge in [-0.1, -0.05) is 33.3 Å². The van der Waals surface area contributed by atoms with Crippen LogP contribution < -0.4 is 20.1 Å². The van der Waals surface area contributed by atoms with Crippen LogP contribution in [0.2, 0.25) is 0 Å². The first-order chi connectivity index (χ1) is 12.0. The van der Waals surface area contributed by atoms with Gasteiger partial charge in [-0.2, -0.15) is 0 Å². The van der Waals surface area contributed by atoms with Crippen LogP contribution in [-0.2, 0) is 11.3 Å². The van der Waals surface area contributed by atoms with E-state index in [0.717, 1.165) is 30.6 Å². The number of amides is 1. The second-order valence-corrected chi connectivity index (χ2v) is 6.76. The molecule has 0 bridgehead atoms. The van der Waals surface area contributed by atoms with Crippen LogP contribution >= 0.6 is 12.2 Å². The first kappa shape index (κ1) is 21.2. The molecule has 5 nitrogen and oxygen atoms in total. The zero-order valence-electron chi connectivity index (χ0n) is 15.7. The first-order valence-corrected chi connectivity index (χ1v) is 9.24. The van der Waals surface area contributed by atoms with Gasteiger partial charge < -0.3 is 20.1 Å². The maximum Gasteiger partial charge on any atom is 0.226 e. The molecule has 0 aromatic heterocycles. The number of hydrogen-bond acceptors (Lipinski definition) is 4. The number of carbonyl (C=O) groups excluding carboxylic acids is 1. The predicted molar refractivity (Wildman–Crippen MR) is 105 cm³/mol. The Labute approximate surface area is 156 Å². The molecule has 1 aromatic rings. The van der Waals surface area contributed by atoms with Gasteiger partial charge in [0.1, 0.15) is 0 Å². The van der Waals surface area contributed by atoms with Gasteiger partial charge in [-0.3, -0.25) is 4.79 Å². The molecule has 25 heavy (non-hydrogen) atoms. The molecule has 2 N–H and O–H groups in total. The number of methoxy groups -OCH3 is 1. The molecule has 0 atom stereocenters. The molecule has 0 fully saturated rings. The Morgan fingerprint density at radius 1 is 1.28 bits per heavy atom. The molecule has 1 aromatic carbocycles. The lowest BCUT2D eigenvalue weighted by Gasteiger charge is -2.14. The number of thiocarbonyl (C=S) groups is 1. The summed E-state index contributed by atoms with van der Waals surface area (Å²) in [6.45, 7) is 7.56. The van der Waals surface area contributed by atoms with Gasteiger partial charge in [-0.15, -0.1) is 0 Å². The van der Waals surface area contributed by atoms with Gasteiger partial charge in [0.2, 0.25) is 5.91 Å². The molecule has 0 saturated heterocycles. The molecule has 0 heterocycles. The second-order valence-electron chi connectivity index (χ2n) is 6.35. The Bertz CT molecular complexity index is 562. The van der Waals surface area contributed by atoms with Gasteiger partial charge in [-0.25, -0.2) is 0 Å². The van der Waals surface area contributed by atoms with E-state index in [0.29, 0.717) is 36.4 Å². The normalized spacial score (nSPS) is 10.4. The number of rotatable bonds is 10. The molecule has 6 heteroatoms. The highest BCUT2D eigenvalue weighted by Gasteiger charge is 2.08. The third kappa shape index (κ3) is 8.72. The highest BCUT2D eigenvalue weighted by molar-refractivity contribution is 7.80. The Kier molecular flexibility index (Phi) is 9.92. The fourth-order valence-electron chi connectivity index (χ4n) is 2.10. The quantitative estimate of drug-likeness (QED) is 0.617. The summed E-state index contributed by atoms with van der Waals surface area (Å²) in [4.78, 5) is 11.6. The molecule has 0 aliphatic rings. The fraction of sp³-hybridized carbons (Fsp3) is 0.579. The number of hydrogen-bond donors (Lipinski definition) is 2. The minimum atomic E-state index is -0.0502. The second kappa shape index (κ2) is 11.7. The van der Waals surface area contributed by atoms with E-state index in [9.17, 15) is 4.79 Å². The van der Waals surface area contributed by atoms with E-state index >= 15 is 0 Å². The zero-order chi connectivity index (χ0) is 18.7. The van der Waals surface area contributed by atoms with Crippen LogP contribution in [0.4, 0.5) is 0 Å². The summed E-state index contributed by atoms with van der Waals surface area (Å²) >= 11 is 5.15. The highest BCUT2D eigenvalue weighted by Crippen LogP contribution is 2.28. The standard InChI is InChI=1S/C19H30N2O3S/c1-5-6-7-18(22)21-19(25)20-13-15-8-9-16(17(12-15)23-4)24-11-10-14(2)3/h8-9,12,14H,5-7,10-11,13H2,1-4H3,(H2,20,21,22,25). The molecule has 0 aliphatic heterocycles. The van der Waals surface area contributed by atoms with Crippen molar-refractivity contribution in [3.63, 3.8) is 0 Å². The largest absolute Gasteiger partial charge is 0.493 e. The SMILES string of the molecule is CCCCC(=O)NC(=S)NCc1ccc(OCCC(C)C)c(OC)c1. The average molecular weight is 367 g/mol. The number of carbonyl (C=O) groups is 1. The van der Waals surface area contributed by atoms with Crippen LogP contribution in [0.1, 0.15) is 52.0 Å². The van der Waals surface area contributed by atoms with Crippen molar-refractivity contribution in [3.8, 4) is 11.5 Å². The Hall–Kier alpha value is -1.82. The summed E-state index contributed by atoms with van der Waals surface area (Å²) in [5.74, 6) is 1.98. The van der Waals surface area contributed by atoms with Crippen molar-refractivity contribution in [2.75, 3.05) is 13.7 Å². The van der Waals surface area contributed by atoms with Crippen LogP contribution in [-0.4, -0.2) is 24.7 Å². The lowest BCUT2D eigenvalue weighted by Crippen LogP contribution is -2.38. The smallest absolute Gasteiger partial charge is 0.226 e. The van der Waals surface area contributed by atoms with Gasteiger partial charge in [0.25, 0.3) is 0 Å². The van der Waals surface area contributed by atoms with Crippen molar-refractivity contribution in [2.45, 2.75) is 53.0 Å². The van der Waals surface area contributed by atoms with Gasteiger partial charge in [0, 0.05) is 13.0 Å². The minimum Gasteiger partial charge on any atom is -0.493 e. The highest BCUT2D eigenvalue weighted by atomic mass is 32.1. The summed E-state index contributed by atoms with van der Waals surface area (Å²) in [5.41, 5.74) is 0.998. The topological polar surface area (TPSA) is 59.6 Å². The maximum atomic E-state index is 11.6. The van der Waals surface area contributed by atoms with E-state index in [1.165, 1.54) is 0 Å². The molecule has 0 aliphatic carbocycles. The summed E-state index contributed by atoms with van der Waals surface area (Å²) in [5, 5.41) is 6.07. The molecule has 0 unspecified atom stereocenters. The summed E-state index contributed by atoms with van der Waals surface area (Å²) in [7, 11) is 1.63. The van der Waals surface area contributed by atoms with E-state index in [-0.39, 0.29) is 5.91 Å². The van der Waals surface area contributed by atoms with E-state index in [2.05, 4.69) is 24.5 Å². The van der Waals surface area contributed by atoms with Gasteiger partial charge in [0.05, 0.1) is 13.7 Å². The minimum absolute atomic E-state index is 0.0502. The molecular formula is C19H30N2O3S. The van der Waals surface area contributed by atoms with Crippen LogP contribution in [0.15, 0.2) is 18.2 Å². The van der Waals surface area contributed by atoms with E-state index in [1.54, 1.807) is 7.11 Å². The van der Waals surface area contributed by atoms with Crippen molar-refractivity contribution in [3.05, 3.63) is 23.8 Å². The van der Waals surface area contributed by atoms with E-state index in [4.69, 9.17) is 21.7 Å². The van der Waals surface area contributed by atoms with Crippen molar-refractivity contribution < 1.29 is 14.3 Å². The predicted octanol–water partition coefficient (Wildman–Crippen LogP) is 3.80. The molecule has 140 valence electrons. The average Bonchev–Trinajstić information content (AvgIpc) is 2.58. The third-order valence-electron chi connectivity index (χ3n) is 3.64. The fourth-order valence-corrected chi connectivity index (χ4v) is 2.28. The van der Waals surface area contributed by atoms with E-state index in [1.807, 2.05) is 25.1 Å². The Balaban J connectivity index is 2.50. The van der Waals surface area contributed by atoms with Crippen LogP contribution in [0.5, 0.6) is 11.5 Å². The third-order valence-corrected chi connectivity index (χ3v) is 3.89. The lowest BCUT2D eigenvalue weighted by atomic mass is 10.1. The monoisotopic (exact) mass is 366 g/mol. The number of nitrogens with one attached hydrogen (secondary N) is 2. The van der Waals surface area contributed by atoms with Crippen molar-refractivity contribution >= 4 is 23.2 Å². The van der Waals surface area contributed by atoms with Gasteiger partial charge in [-0.05, 0) is 48.7 Å². The lowest BCUT2D eigenvalue weighted by molar-refractivity contribution is -0.119. The van der Waals surface area contributed by atoms with Crippen molar-refractivity contribution in [2.24, 2.45) is 5.92 Å². The first-order valence-electron chi connectivity index (χ1n) is 8.83. The van der Waals surface area contributed by atoms with Gasteiger partial charge in [0.15, 0.2) is 16.6 Å². The van der Waals surface area contributed by atoms with Crippen molar-refractivity contribution in [1.82, 2.24) is 10.6 Å². The molecular weight excluding hydrogens is 336 g/mol. The summed E-state index contributed by atoms with van der Waals surface area (Å²) < 4.78 is 11.2. The summed E-state index contributed by atoms with van der Waals surface area (Å²) in [6, 6.07) is 5.78. The molecule has 0 saturated carbocycles. The Morgan fingerprint density at radius 2 is 2.04 bits per heavy atom. The van der Waals surface area contributed by atoms with E-state index < -0.39 is 0 Å². The zero-order valence-corrected chi connectivity index (χ0v) is 16.5. The number of ether oxygens (including phenoxy) is 2. The molecule has 0 spiro atoms. The van der Waals surface area contributed by atoms with Crippen LogP contribution in [0, 0.1) is 5.92 Å². The number of benzene rings is 1. The van der Waals surface area contributed by atoms with Crippen molar-refractivity contribution in [1.29, 1.82) is 0 Å².